The number of aliphatic hydroxyl groups excluding tert-OH is 1. The van der Waals surface area contributed by atoms with Gasteiger partial charge in [0.05, 0.1) is 17.9 Å². The number of nitrogens with zero attached hydrogens (tertiary/aromatic N) is 1. The van der Waals surface area contributed by atoms with Crippen LogP contribution in [0.1, 0.15) is 30.1 Å². The van der Waals surface area contributed by atoms with Gasteiger partial charge in [0.15, 0.2) is 0 Å². The van der Waals surface area contributed by atoms with E-state index < -0.39 is 11.9 Å². The van der Waals surface area contributed by atoms with Gasteiger partial charge in [-0.3, -0.25) is 9.78 Å². The highest BCUT2D eigenvalue weighted by Gasteiger charge is 2.07. The molecule has 0 aliphatic carbocycles. The first kappa shape index (κ1) is 12.6. The predicted octanol–water partition coefficient (Wildman–Crippen LogP) is 1.11. The number of carbonyl (C=O) groups is 1. The number of rotatable bonds is 5. The Bertz CT molecular complexity index is 358. The zero-order chi connectivity index (χ0) is 12.0. The SMILES string of the molecule is CCC(O)CCNC(=O)c1cncc(F)c1. The molecule has 0 bridgehead atoms. The molecule has 16 heavy (non-hydrogen) atoms. The predicted molar refractivity (Wildman–Crippen MR) is 57.4 cm³/mol. The average molecular weight is 226 g/mol. The standard InChI is InChI=1S/C11H15FN2O2/c1-2-10(15)3-4-14-11(16)8-5-9(12)7-13-6-8/h5-7,10,15H,2-4H2,1H3,(H,14,16). The minimum Gasteiger partial charge on any atom is -0.393 e. The molecular formula is C11H15FN2O2. The largest absolute Gasteiger partial charge is 0.393 e. The summed E-state index contributed by atoms with van der Waals surface area (Å²) in [7, 11) is 0. The van der Waals surface area contributed by atoms with E-state index in [-0.39, 0.29) is 11.5 Å². The Kier molecular flexibility index (Phi) is 4.85. The van der Waals surface area contributed by atoms with E-state index in [2.05, 4.69) is 10.3 Å². The Hall–Kier alpha value is -1.49. The fourth-order valence-corrected chi connectivity index (χ4v) is 1.19. The van der Waals surface area contributed by atoms with Gasteiger partial charge in [0, 0.05) is 12.7 Å². The molecule has 1 aromatic rings. The zero-order valence-corrected chi connectivity index (χ0v) is 9.11. The van der Waals surface area contributed by atoms with Gasteiger partial charge in [0.25, 0.3) is 5.91 Å². The van der Waals surface area contributed by atoms with Gasteiger partial charge in [-0.2, -0.15) is 0 Å². The second kappa shape index (κ2) is 6.17. The number of amides is 1. The lowest BCUT2D eigenvalue weighted by Gasteiger charge is -2.08. The van der Waals surface area contributed by atoms with Crippen LogP contribution in [0.2, 0.25) is 0 Å². The molecule has 4 nitrogen and oxygen atoms in total. The number of pyridine rings is 1. The summed E-state index contributed by atoms with van der Waals surface area (Å²) >= 11 is 0. The van der Waals surface area contributed by atoms with Gasteiger partial charge < -0.3 is 10.4 Å². The molecule has 1 atom stereocenters. The molecule has 1 rings (SSSR count). The van der Waals surface area contributed by atoms with Gasteiger partial charge in [-0.1, -0.05) is 6.92 Å². The third-order valence-corrected chi connectivity index (χ3v) is 2.20. The Balaban J connectivity index is 2.41. The topological polar surface area (TPSA) is 62.2 Å². The maximum absolute atomic E-state index is 12.7. The van der Waals surface area contributed by atoms with E-state index in [1.165, 1.54) is 6.20 Å². The van der Waals surface area contributed by atoms with Gasteiger partial charge in [0.1, 0.15) is 5.82 Å². The van der Waals surface area contributed by atoms with Gasteiger partial charge in [-0.15, -0.1) is 0 Å². The van der Waals surface area contributed by atoms with Crippen molar-refractivity contribution < 1.29 is 14.3 Å². The highest BCUT2D eigenvalue weighted by atomic mass is 19.1. The van der Waals surface area contributed by atoms with Crippen LogP contribution >= 0.6 is 0 Å². The van der Waals surface area contributed by atoms with E-state index in [9.17, 15) is 14.3 Å². The summed E-state index contributed by atoms with van der Waals surface area (Å²) in [5.41, 5.74) is 0.186. The smallest absolute Gasteiger partial charge is 0.252 e. The normalized spacial score (nSPS) is 12.2. The van der Waals surface area contributed by atoms with Crippen molar-refractivity contribution in [1.29, 1.82) is 0 Å². The molecule has 1 aromatic heterocycles. The molecule has 2 N–H and O–H groups in total. The molecule has 0 fully saturated rings. The van der Waals surface area contributed by atoms with Crippen LogP contribution in [0.25, 0.3) is 0 Å². The van der Waals surface area contributed by atoms with E-state index in [0.29, 0.717) is 19.4 Å². The van der Waals surface area contributed by atoms with E-state index in [1.54, 1.807) is 0 Å². The first-order valence-corrected chi connectivity index (χ1v) is 5.20. The van der Waals surface area contributed by atoms with E-state index in [4.69, 9.17) is 0 Å². The molecular weight excluding hydrogens is 211 g/mol. The van der Waals surface area contributed by atoms with Crippen molar-refractivity contribution in [2.24, 2.45) is 0 Å². The van der Waals surface area contributed by atoms with E-state index in [0.717, 1.165) is 12.3 Å². The molecule has 0 saturated carbocycles. The fourth-order valence-electron chi connectivity index (χ4n) is 1.19. The van der Waals surface area contributed by atoms with Crippen LogP contribution < -0.4 is 5.32 Å². The number of halogens is 1. The molecule has 0 radical (unpaired) electrons. The first-order valence-electron chi connectivity index (χ1n) is 5.20. The summed E-state index contributed by atoms with van der Waals surface area (Å²) in [5, 5.41) is 11.8. The lowest BCUT2D eigenvalue weighted by Crippen LogP contribution is -2.27. The average Bonchev–Trinajstić information content (AvgIpc) is 2.28. The van der Waals surface area contributed by atoms with Crippen molar-refractivity contribution in [1.82, 2.24) is 10.3 Å². The zero-order valence-electron chi connectivity index (χ0n) is 9.11. The first-order chi connectivity index (χ1) is 7.63. The van der Waals surface area contributed by atoms with Crippen LogP contribution in [0.3, 0.4) is 0 Å². The van der Waals surface area contributed by atoms with Crippen molar-refractivity contribution >= 4 is 5.91 Å². The van der Waals surface area contributed by atoms with Crippen LogP contribution in [-0.4, -0.2) is 28.6 Å². The van der Waals surface area contributed by atoms with Crippen LogP contribution in [-0.2, 0) is 0 Å². The van der Waals surface area contributed by atoms with Crippen LogP contribution in [0.5, 0.6) is 0 Å². The van der Waals surface area contributed by atoms with Crippen molar-refractivity contribution in [2.45, 2.75) is 25.9 Å². The quantitative estimate of drug-likeness (QED) is 0.790. The second-order valence-corrected chi connectivity index (χ2v) is 3.50. The van der Waals surface area contributed by atoms with Crippen LogP contribution in [0.4, 0.5) is 4.39 Å². The maximum Gasteiger partial charge on any atom is 0.252 e. The van der Waals surface area contributed by atoms with Crippen LogP contribution in [0, 0.1) is 5.82 Å². The lowest BCUT2D eigenvalue weighted by atomic mass is 10.2. The van der Waals surface area contributed by atoms with Gasteiger partial charge in [0.2, 0.25) is 0 Å². The molecule has 88 valence electrons. The highest BCUT2D eigenvalue weighted by molar-refractivity contribution is 5.93. The van der Waals surface area contributed by atoms with Crippen molar-refractivity contribution in [3.8, 4) is 0 Å². The molecule has 1 unspecified atom stereocenters. The van der Waals surface area contributed by atoms with E-state index >= 15 is 0 Å². The highest BCUT2D eigenvalue weighted by Crippen LogP contribution is 2.01. The summed E-state index contributed by atoms with van der Waals surface area (Å²) in [6.07, 6.45) is 3.07. The van der Waals surface area contributed by atoms with Crippen LogP contribution in [0.15, 0.2) is 18.5 Å². The van der Waals surface area contributed by atoms with Crippen molar-refractivity contribution in [2.75, 3.05) is 6.54 Å². The number of aromatic nitrogens is 1. The Morgan fingerprint density at radius 3 is 3.00 bits per heavy atom. The summed E-state index contributed by atoms with van der Waals surface area (Å²) in [6.45, 7) is 2.23. The molecule has 1 amide bonds. The number of hydrogen-bond donors (Lipinski definition) is 2. The Morgan fingerprint density at radius 2 is 2.38 bits per heavy atom. The molecule has 1 heterocycles. The third kappa shape index (κ3) is 3.94. The second-order valence-electron chi connectivity index (χ2n) is 3.50. The molecule has 5 heteroatoms. The van der Waals surface area contributed by atoms with Gasteiger partial charge in [-0.05, 0) is 18.9 Å². The van der Waals surface area contributed by atoms with Gasteiger partial charge >= 0.3 is 0 Å². The summed E-state index contributed by atoms with van der Waals surface area (Å²) in [4.78, 5) is 15.0. The third-order valence-electron chi connectivity index (χ3n) is 2.20. The van der Waals surface area contributed by atoms with Gasteiger partial charge in [-0.25, -0.2) is 4.39 Å². The summed E-state index contributed by atoms with van der Waals surface area (Å²) in [5.74, 6) is -0.920. The summed E-state index contributed by atoms with van der Waals surface area (Å²) in [6, 6.07) is 1.12. The number of hydrogen-bond acceptors (Lipinski definition) is 3. The fraction of sp³-hybridized carbons (Fsp3) is 0.455. The minimum absolute atomic E-state index is 0.186. The Morgan fingerprint density at radius 1 is 1.62 bits per heavy atom. The van der Waals surface area contributed by atoms with Crippen molar-refractivity contribution in [3.63, 3.8) is 0 Å². The molecule has 0 aliphatic rings. The molecule has 0 aliphatic heterocycles. The monoisotopic (exact) mass is 226 g/mol. The van der Waals surface area contributed by atoms with Crippen molar-refractivity contribution in [3.05, 3.63) is 29.8 Å². The summed E-state index contributed by atoms with van der Waals surface area (Å²) < 4.78 is 12.7. The number of aliphatic hydroxyl groups is 1. The Labute approximate surface area is 93.5 Å². The van der Waals surface area contributed by atoms with E-state index in [1.807, 2.05) is 6.92 Å². The minimum atomic E-state index is -0.541. The molecule has 0 saturated heterocycles. The molecule has 0 spiro atoms. The maximum atomic E-state index is 12.7. The molecule has 0 aromatic carbocycles. The number of carbonyl (C=O) groups excluding carboxylic acids is 1. The lowest BCUT2D eigenvalue weighted by molar-refractivity contribution is 0.0941. The number of nitrogens with one attached hydrogen (secondary N) is 1.